The molecule has 1 heterocycles. The standard InChI is InChI=1S/C13H15NO4S/c15-13(16)12-9-6-7-10(8-9)14(12)19(17,18)11-4-2-1-3-5-11/h1-5,9-10,12H,6-8H2,(H,15,16). The maximum absolute atomic E-state index is 12.6. The van der Waals surface area contributed by atoms with Crippen LogP contribution in [0.25, 0.3) is 0 Å². The molecule has 1 aromatic rings. The van der Waals surface area contributed by atoms with Gasteiger partial charge in [0, 0.05) is 6.04 Å². The van der Waals surface area contributed by atoms with E-state index in [0.717, 1.165) is 12.8 Å². The molecule has 19 heavy (non-hydrogen) atoms. The van der Waals surface area contributed by atoms with E-state index >= 15 is 0 Å². The predicted octanol–water partition coefficient (Wildman–Crippen LogP) is 1.31. The van der Waals surface area contributed by atoms with Crippen LogP contribution in [0.1, 0.15) is 19.3 Å². The zero-order chi connectivity index (χ0) is 13.6. The van der Waals surface area contributed by atoms with Gasteiger partial charge in [0.1, 0.15) is 6.04 Å². The normalized spacial score (nSPS) is 30.6. The summed E-state index contributed by atoms with van der Waals surface area (Å²) < 4.78 is 26.4. The lowest BCUT2D eigenvalue weighted by Crippen LogP contribution is -2.48. The van der Waals surface area contributed by atoms with Gasteiger partial charge in [-0.05, 0) is 37.3 Å². The van der Waals surface area contributed by atoms with Crippen molar-refractivity contribution in [3.63, 3.8) is 0 Å². The number of piperidine rings is 1. The zero-order valence-electron chi connectivity index (χ0n) is 10.3. The summed E-state index contributed by atoms with van der Waals surface area (Å²) in [5, 5.41) is 9.31. The van der Waals surface area contributed by atoms with Crippen molar-refractivity contribution < 1.29 is 18.3 Å². The van der Waals surface area contributed by atoms with E-state index in [9.17, 15) is 18.3 Å². The van der Waals surface area contributed by atoms with Crippen LogP contribution in [0.2, 0.25) is 0 Å². The highest BCUT2D eigenvalue weighted by atomic mass is 32.2. The molecule has 0 radical (unpaired) electrons. The van der Waals surface area contributed by atoms with Crippen LogP contribution in [0, 0.1) is 5.92 Å². The molecule has 2 aliphatic rings. The molecule has 1 N–H and O–H groups in total. The van der Waals surface area contributed by atoms with Crippen molar-refractivity contribution in [2.75, 3.05) is 0 Å². The molecule has 6 heteroatoms. The van der Waals surface area contributed by atoms with Crippen LogP contribution in [0.4, 0.5) is 0 Å². The van der Waals surface area contributed by atoms with Gasteiger partial charge in [0.05, 0.1) is 4.90 Å². The van der Waals surface area contributed by atoms with Crippen LogP contribution in [-0.2, 0) is 14.8 Å². The molecule has 1 saturated heterocycles. The predicted molar refractivity (Wildman–Crippen MR) is 68.0 cm³/mol. The molecule has 5 nitrogen and oxygen atoms in total. The Morgan fingerprint density at radius 3 is 2.53 bits per heavy atom. The highest BCUT2D eigenvalue weighted by molar-refractivity contribution is 7.89. The fourth-order valence-corrected chi connectivity index (χ4v) is 5.20. The monoisotopic (exact) mass is 281 g/mol. The Morgan fingerprint density at radius 2 is 1.89 bits per heavy atom. The molecule has 0 amide bonds. The molecule has 0 spiro atoms. The fourth-order valence-electron chi connectivity index (χ4n) is 3.31. The third-order valence-electron chi connectivity index (χ3n) is 4.10. The number of sulfonamides is 1. The first-order valence-electron chi connectivity index (χ1n) is 6.33. The number of nitrogens with zero attached hydrogens (tertiary/aromatic N) is 1. The van der Waals surface area contributed by atoms with Crippen LogP contribution in [0.15, 0.2) is 35.2 Å². The number of hydrogen-bond acceptors (Lipinski definition) is 3. The first-order chi connectivity index (χ1) is 9.01. The highest BCUT2D eigenvalue weighted by Crippen LogP contribution is 2.45. The number of fused-ring (bicyclic) bond motifs is 2. The summed E-state index contributed by atoms with van der Waals surface area (Å²) in [6.45, 7) is 0. The van der Waals surface area contributed by atoms with Crippen molar-refractivity contribution in [3.8, 4) is 0 Å². The maximum atomic E-state index is 12.6. The van der Waals surface area contributed by atoms with E-state index in [0.29, 0.717) is 6.42 Å². The van der Waals surface area contributed by atoms with Crippen LogP contribution in [-0.4, -0.2) is 35.9 Å². The number of carbonyl (C=O) groups is 1. The first kappa shape index (κ1) is 12.6. The lowest BCUT2D eigenvalue weighted by atomic mass is 10.0. The summed E-state index contributed by atoms with van der Waals surface area (Å²) in [7, 11) is -3.71. The second-order valence-corrected chi connectivity index (χ2v) is 7.00. The number of aliphatic carboxylic acids is 1. The minimum Gasteiger partial charge on any atom is -0.480 e. The van der Waals surface area contributed by atoms with Gasteiger partial charge in [0.15, 0.2) is 0 Å². The maximum Gasteiger partial charge on any atom is 0.322 e. The Labute approximate surface area is 111 Å². The second kappa shape index (κ2) is 4.31. The Balaban J connectivity index is 2.03. The lowest BCUT2D eigenvalue weighted by molar-refractivity contribution is -0.142. The third-order valence-corrected chi connectivity index (χ3v) is 6.05. The smallest absolute Gasteiger partial charge is 0.322 e. The van der Waals surface area contributed by atoms with E-state index in [1.165, 1.54) is 16.4 Å². The zero-order valence-corrected chi connectivity index (χ0v) is 11.1. The second-order valence-electron chi connectivity index (χ2n) is 5.16. The van der Waals surface area contributed by atoms with E-state index in [2.05, 4.69) is 0 Å². The van der Waals surface area contributed by atoms with Gasteiger partial charge >= 0.3 is 5.97 Å². The minimum atomic E-state index is -3.71. The van der Waals surface area contributed by atoms with E-state index in [1.807, 2.05) is 0 Å². The van der Waals surface area contributed by atoms with Gasteiger partial charge in [-0.25, -0.2) is 8.42 Å². The van der Waals surface area contributed by atoms with Gasteiger partial charge in [-0.2, -0.15) is 4.31 Å². The number of hydrogen-bond donors (Lipinski definition) is 1. The lowest BCUT2D eigenvalue weighted by Gasteiger charge is -2.31. The molecule has 102 valence electrons. The summed E-state index contributed by atoms with van der Waals surface area (Å²) in [4.78, 5) is 11.5. The molecule has 2 fully saturated rings. The van der Waals surface area contributed by atoms with Crippen molar-refractivity contribution in [3.05, 3.63) is 30.3 Å². The molecule has 3 rings (SSSR count). The number of benzene rings is 1. The fraction of sp³-hybridized carbons (Fsp3) is 0.462. The van der Waals surface area contributed by atoms with E-state index in [4.69, 9.17) is 0 Å². The third kappa shape index (κ3) is 1.86. The molecule has 3 atom stereocenters. The molecular weight excluding hydrogens is 266 g/mol. The van der Waals surface area contributed by atoms with Crippen molar-refractivity contribution >= 4 is 16.0 Å². The van der Waals surface area contributed by atoms with Crippen molar-refractivity contribution in [1.82, 2.24) is 4.31 Å². The minimum absolute atomic E-state index is 0.0408. The Kier molecular flexibility index (Phi) is 2.87. The van der Waals surface area contributed by atoms with Crippen LogP contribution in [0.3, 0.4) is 0 Å². The van der Waals surface area contributed by atoms with Crippen molar-refractivity contribution in [2.45, 2.75) is 36.2 Å². The first-order valence-corrected chi connectivity index (χ1v) is 7.77. The topological polar surface area (TPSA) is 74.7 Å². The van der Waals surface area contributed by atoms with Crippen molar-refractivity contribution in [1.29, 1.82) is 0 Å². The highest BCUT2D eigenvalue weighted by Gasteiger charge is 2.54. The number of carboxylic acids is 1. The molecule has 3 unspecified atom stereocenters. The quantitative estimate of drug-likeness (QED) is 0.906. The van der Waals surface area contributed by atoms with E-state index < -0.39 is 22.0 Å². The van der Waals surface area contributed by atoms with Gasteiger partial charge in [0.2, 0.25) is 10.0 Å². The summed E-state index contributed by atoms with van der Waals surface area (Å²) in [5.74, 6) is -1.08. The van der Waals surface area contributed by atoms with E-state index in [1.54, 1.807) is 18.2 Å². The average molecular weight is 281 g/mol. The summed E-state index contributed by atoms with van der Waals surface area (Å²) in [6, 6.07) is 7.01. The van der Waals surface area contributed by atoms with Gasteiger partial charge in [0.25, 0.3) is 0 Å². The summed E-state index contributed by atoms with van der Waals surface area (Å²) >= 11 is 0. The van der Waals surface area contributed by atoms with Gasteiger partial charge in [-0.15, -0.1) is 0 Å². The average Bonchev–Trinajstić information content (AvgIpc) is 3.00. The summed E-state index contributed by atoms with van der Waals surface area (Å²) in [5.41, 5.74) is 0. The van der Waals surface area contributed by atoms with Crippen molar-refractivity contribution in [2.24, 2.45) is 5.92 Å². The largest absolute Gasteiger partial charge is 0.480 e. The molecule has 1 aliphatic carbocycles. The molecule has 1 aliphatic heterocycles. The van der Waals surface area contributed by atoms with E-state index in [-0.39, 0.29) is 16.9 Å². The molecular formula is C13H15NO4S. The Morgan fingerprint density at radius 1 is 1.21 bits per heavy atom. The van der Waals surface area contributed by atoms with Crippen LogP contribution in [0.5, 0.6) is 0 Å². The van der Waals surface area contributed by atoms with Crippen LogP contribution < -0.4 is 0 Å². The molecule has 0 aromatic heterocycles. The number of carboxylic acid groups (broad SMARTS) is 1. The number of rotatable bonds is 3. The molecule has 2 bridgehead atoms. The summed E-state index contributed by atoms with van der Waals surface area (Å²) in [6.07, 6.45) is 2.24. The molecule has 1 aromatic carbocycles. The Hall–Kier alpha value is -1.40. The SMILES string of the molecule is O=C(O)C1C2CCC(C2)N1S(=O)(=O)c1ccccc1. The van der Waals surface area contributed by atoms with Gasteiger partial charge in [-0.1, -0.05) is 18.2 Å². The Bertz CT molecular complexity index is 598. The van der Waals surface area contributed by atoms with Gasteiger partial charge < -0.3 is 5.11 Å². The molecule has 1 saturated carbocycles. The van der Waals surface area contributed by atoms with Crippen LogP contribution >= 0.6 is 0 Å². The van der Waals surface area contributed by atoms with Gasteiger partial charge in [-0.3, -0.25) is 4.79 Å².